The van der Waals surface area contributed by atoms with Crippen molar-refractivity contribution in [2.24, 2.45) is 11.7 Å². The molecule has 0 aliphatic rings. The summed E-state index contributed by atoms with van der Waals surface area (Å²) in [7, 11) is 0. The van der Waals surface area contributed by atoms with E-state index in [-0.39, 0.29) is 5.88 Å². The third-order valence-electron chi connectivity index (χ3n) is 2.90. The van der Waals surface area contributed by atoms with Crippen molar-refractivity contribution in [1.29, 1.82) is 0 Å². The van der Waals surface area contributed by atoms with Crippen molar-refractivity contribution in [3.63, 3.8) is 0 Å². The maximum Gasteiger partial charge on any atom is 0.246 e. The maximum absolute atomic E-state index is 10.9. The van der Waals surface area contributed by atoms with E-state index in [1.807, 2.05) is 13.8 Å². The molecule has 0 aliphatic heterocycles. The summed E-state index contributed by atoms with van der Waals surface area (Å²) >= 11 is 0. The van der Waals surface area contributed by atoms with Crippen molar-refractivity contribution < 1.29 is 19.4 Å². The molecule has 1 amide bonds. The minimum Gasteiger partial charge on any atom is -0.495 e. The van der Waals surface area contributed by atoms with Gasteiger partial charge in [-0.15, -0.1) is 0 Å². The fraction of sp³-hybridized carbons (Fsp3) is 0.786. The molecule has 118 valence electrons. The number of nitrogens with zero attached hydrogens (tertiary/aromatic N) is 1. The predicted octanol–water partition coefficient (Wildman–Crippen LogP) is 1.62. The Kier molecular flexibility index (Phi) is 9.84. The van der Waals surface area contributed by atoms with Crippen LogP contribution < -0.4 is 5.73 Å². The van der Waals surface area contributed by atoms with Crippen molar-refractivity contribution in [2.75, 3.05) is 26.3 Å². The molecule has 0 aromatic rings. The number of hydrogen-bond donors (Lipinski definition) is 2. The monoisotopic (exact) mass is 288 g/mol. The van der Waals surface area contributed by atoms with Gasteiger partial charge in [-0.25, -0.2) is 0 Å². The third kappa shape index (κ3) is 8.01. The van der Waals surface area contributed by atoms with Gasteiger partial charge < -0.3 is 25.2 Å². The molecule has 0 bridgehead atoms. The molecule has 0 heterocycles. The highest BCUT2D eigenvalue weighted by atomic mass is 16.7. The summed E-state index contributed by atoms with van der Waals surface area (Å²) in [6.45, 7) is 9.88. The number of ether oxygens (including phenoxy) is 2. The predicted molar refractivity (Wildman–Crippen MR) is 78.0 cm³/mol. The SMILES string of the molecule is CCOC(CN(CC(C)CC)/C(O)=C/C(N)=O)OCC. The van der Waals surface area contributed by atoms with Gasteiger partial charge in [0.25, 0.3) is 0 Å². The van der Waals surface area contributed by atoms with Crippen LogP contribution in [0.4, 0.5) is 0 Å². The molecule has 0 aromatic heterocycles. The quantitative estimate of drug-likeness (QED) is 0.343. The van der Waals surface area contributed by atoms with E-state index in [1.54, 1.807) is 4.90 Å². The van der Waals surface area contributed by atoms with Crippen molar-refractivity contribution >= 4 is 5.91 Å². The highest BCUT2D eigenvalue weighted by molar-refractivity contribution is 5.86. The van der Waals surface area contributed by atoms with Crippen molar-refractivity contribution in [2.45, 2.75) is 40.4 Å². The van der Waals surface area contributed by atoms with E-state index in [0.29, 0.717) is 32.2 Å². The maximum atomic E-state index is 10.9. The highest BCUT2D eigenvalue weighted by Gasteiger charge is 2.18. The summed E-state index contributed by atoms with van der Waals surface area (Å²) in [5, 5.41) is 9.98. The standard InChI is InChI=1S/C14H28N2O4/c1-5-11(4)9-16(13(18)8-12(15)17)10-14(19-6-2)20-7-3/h8,11,14,18H,5-7,9-10H2,1-4H3,(H2,15,17)/b13-8-. The Morgan fingerprint density at radius 3 is 2.20 bits per heavy atom. The van der Waals surface area contributed by atoms with Gasteiger partial charge in [0.15, 0.2) is 12.2 Å². The fourth-order valence-electron chi connectivity index (χ4n) is 1.69. The summed E-state index contributed by atoms with van der Waals surface area (Å²) in [4.78, 5) is 12.6. The summed E-state index contributed by atoms with van der Waals surface area (Å²) in [5.74, 6) is -0.467. The Hall–Kier alpha value is -1.27. The molecule has 0 aromatic carbocycles. The summed E-state index contributed by atoms with van der Waals surface area (Å²) in [6, 6.07) is 0. The molecule has 0 radical (unpaired) electrons. The van der Waals surface area contributed by atoms with Crippen LogP contribution in [0, 0.1) is 5.92 Å². The number of carbonyl (C=O) groups is 1. The Morgan fingerprint density at radius 1 is 1.25 bits per heavy atom. The van der Waals surface area contributed by atoms with Crippen LogP contribution in [-0.4, -0.2) is 48.5 Å². The Bertz CT molecular complexity index is 302. The van der Waals surface area contributed by atoms with Gasteiger partial charge in [0.05, 0.1) is 12.6 Å². The zero-order valence-corrected chi connectivity index (χ0v) is 13.0. The lowest BCUT2D eigenvalue weighted by molar-refractivity contribution is -0.148. The van der Waals surface area contributed by atoms with Gasteiger partial charge in [0, 0.05) is 19.8 Å². The van der Waals surface area contributed by atoms with Gasteiger partial charge >= 0.3 is 0 Å². The van der Waals surface area contributed by atoms with Gasteiger partial charge in [-0.05, 0) is 19.8 Å². The first kappa shape index (κ1) is 18.7. The van der Waals surface area contributed by atoms with Gasteiger partial charge in [-0.3, -0.25) is 4.79 Å². The van der Waals surface area contributed by atoms with Crippen LogP contribution in [-0.2, 0) is 14.3 Å². The summed E-state index contributed by atoms with van der Waals surface area (Å²) in [5.41, 5.74) is 5.08. The van der Waals surface area contributed by atoms with Gasteiger partial charge in [-0.2, -0.15) is 0 Å². The normalized spacial score (nSPS) is 13.6. The average Bonchev–Trinajstić information content (AvgIpc) is 2.37. The highest BCUT2D eigenvalue weighted by Crippen LogP contribution is 2.11. The number of primary amides is 1. The van der Waals surface area contributed by atoms with Crippen LogP contribution in [0.15, 0.2) is 12.0 Å². The van der Waals surface area contributed by atoms with E-state index in [0.717, 1.165) is 12.5 Å². The van der Waals surface area contributed by atoms with E-state index in [9.17, 15) is 9.90 Å². The lowest BCUT2D eigenvalue weighted by atomic mass is 10.1. The average molecular weight is 288 g/mol. The topological polar surface area (TPSA) is 85.0 Å². The van der Waals surface area contributed by atoms with Crippen LogP contribution in [0.3, 0.4) is 0 Å². The van der Waals surface area contributed by atoms with Crippen LogP contribution in [0.2, 0.25) is 0 Å². The third-order valence-corrected chi connectivity index (χ3v) is 2.90. The minimum absolute atomic E-state index is 0.151. The second kappa shape index (κ2) is 10.5. The number of hydrogen-bond acceptors (Lipinski definition) is 5. The molecule has 3 N–H and O–H groups in total. The van der Waals surface area contributed by atoms with E-state index in [2.05, 4.69) is 13.8 Å². The van der Waals surface area contributed by atoms with Gasteiger partial charge in [0.1, 0.15) is 0 Å². The van der Waals surface area contributed by atoms with Crippen molar-refractivity contribution in [1.82, 2.24) is 4.90 Å². The summed E-state index contributed by atoms with van der Waals surface area (Å²) in [6.07, 6.45) is 1.53. The first-order valence-corrected chi connectivity index (χ1v) is 7.12. The molecular formula is C14H28N2O4. The second-order valence-electron chi connectivity index (χ2n) is 4.66. The molecule has 6 heteroatoms. The van der Waals surface area contributed by atoms with E-state index in [4.69, 9.17) is 15.2 Å². The van der Waals surface area contributed by atoms with E-state index < -0.39 is 12.2 Å². The van der Waals surface area contributed by atoms with Crippen LogP contribution in [0.25, 0.3) is 0 Å². The lowest BCUT2D eigenvalue weighted by Crippen LogP contribution is -2.38. The fourth-order valence-corrected chi connectivity index (χ4v) is 1.69. The van der Waals surface area contributed by atoms with Gasteiger partial charge in [-0.1, -0.05) is 20.3 Å². The van der Waals surface area contributed by atoms with E-state index >= 15 is 0 Å². The first-order chi connectivity index (χ1) is 9.44. The van der Waals surface area contributed by atoms with Crippen LogP contribution in [0.1, 0.15) is 34.1 Å². The van der Waals surface area contributed by atoms with Gasteiger partial charge in [0.2, 0.25) is 5.91 Å². The van der Waals surface area contributed by atoms with Crippen molar-refractivity contribution in [3.8, 4) is 0 Å². The zero-order valence-electron chi connectivity index (χ0n) is 13.0. The molecular weight excluding hydrogens is 260 g/mol. The molecule has 1 atom stereocenters. The first-order valence-electron chi connectivity index (χ1n) is 7.12. The Labute approximate surface area is 121 Å². The summed E-state index contributed by atoms with van der Waals surface area (Å²) < 4.78 is 10.9. The number of aliphatic hydroxyl groups is 1. The zero-order chi connectivity index (χ0) is 15.5. The molecule has 0 fully saturated rings. The minimum atomic E-state index is -0.680. The molecule has 1 unspecified atom stereocenters. The second-order valence-corrected chi connectivity index (χ2v) is 4.66. The molecule has 0 saturated heterocycles. The number of nitrogens with two attached hydrogens (primary N) is 1. The van der Waals surface area contributed by atoms with Crippen molar-refractivity contribution in [3.05, 3.63) is 12.0 Å². The smallest absolute Gasteiger partial charge is 0.246 e. The Morgan fingerprint density at radius 2 is 1.80 bits per heavy atom. The van der Waals surface area contributed by atoms with E-state index in [1.165, 1.54) is 0 Å². The molecule has 6 nitrogen and oxygen atoms in total. The number of aliphatic hydroxyl groups excluding tert-OH is 1. The number of carbonyl (C=O) groups excluding carboxylic acids is 1. The number of rotatable bonds is 11. The molecule has 20 heavy (non-hydrogen) atoms. The van der Waals surface area contributed by atoms with Crippen LogP contribution in [0.5, 0.6) is 0 Å². The lowest BCUT2D eigenvalue weighted by Gasteiger charge is -2.30. The molecule has 0 rings (SSSR count). The molecule has 0 saturated carbocycles. The Balaban J connectivity index is 4.85. The largest absolute Gasteiger partial charge is 0.495 e. The molecule has 0 spiro atoms. The van der Waals surface area contributed by atoms with Crippen LogP contribution >= 0.6 is 0 Å². The number of amides is 1. The molecule has 0 aliphatic carbocycles.